The van der Waals surface area contributed by atoms with E-state index in [1.807, 2.05) is 51.4 Å². The summed E-state index contributed by atoms with van der Waals surface area (Å²) in [6.45, 7) is 0. The highest BCUT2D eigenvalue weighted by Gasteiger charge is 2.11. The second-order valence-corrected chi connectivity index (χ2v) is 6.71. The van der Waals surface area contributed by atoms with Gasteiger partial charge in [-0.05, 0) is 75.6 Å². The quantitative estimate of drug-likeness (QED) is 0.370. The summed E-state index contributed by atoms with van der Waals surface area (Å²) < 4.78 is 17.9. The van der Waals surface area contributed by atoms with Gasteiger partial charge in [0.2, 0.25) is 0 Å². The van der Waals surface area contributed by atoms with Gasteiger partial charge in [-0.1, -0.05) is 12.1 Å². The first kappa shape index (κ1) is 13.5. The summed E-state index contributed by atoms with van der Waals surface area (Å²) in [7, 11) is 0. The lowest BCUT2D eigenvalue weighted by molar-refractivity contribution is 0.622. The highest BCUT2D eigenvalue weighted by molar-refractivity contribution is 14.1. The van der Waals surface area contributed by atoms with Gasteiger partial charge in [-0.25, -0.2) is 4.39 Å². The molecule has 6 heteroatoms. The van der Waals surface area contributed by atoms with E-state index in [0.717, 1.165) is 20.3 Å². The predicted octanol–water partition coefficient (Wildman–Crippen LogP) is 5.04. The minimum atomic E-state index is -0.234. The molecule has 0 aliphatic carbocycles. The van der Waals surface area contributed by atoms with Gasteiger partial charge in [0.05, 0.1) is 20.3 Å². The maximum atomic E-state index is 13.8. The van der Waals surface area contributed by atoms with Crippen molar-refractivity contribution in [3.63, 3.8) is 0 Å². The first-order chi connectivity index (χ1) is 9.08. The lowest BCUT2D eigenvalue weighted by Crippen LogP contribution is -1.97. The third-order valence-corrected chi connectivity index (χ3v) is 4.84. The molecule has 2 aromatic carbocycles. The van der Waals surface area contributed by atoms with Crippen molar-refractivity contribution in [1.29, 1.82) is 0 Å². The van der Waals surface area contributed by atoms with Crippen LogP contribution >= 0.6 is 57.4 Å². The number of H-pyrrole nitrogens is 1. The standard InChI is InChI=1S/C13H7FI2N2S/c14-7-5-12-10(6-9(7)16)17-13(19)18(12)11-4-2-1-3-8(11)15/h1-6H,(H,17,19). The second kappa shape index (κ2) is 5.13. The normalized spacial score (nSPS) is 11.1. The molecule has 1 heterocycles. The van der Waals surface area contributed by atoms with Crippen LogP contribution in [0.2, 0.25) is 0 Å². The molecular formula is C13H7FI2N2S. The lowest BCUT2D eigenvalue weighted by Gasteiger charge is -2.07. The Morgan fingerprint density at radius 3 is 2.58 bits per heavy atom. The number of nitrogens with zero attached hydrogens (tertiary/aromatic N) is 1. The summed E-state index contributed by atoms with van der Waals surface area (Å²) in [6, 6.07) is 11.2. The average molecular weight is 496 g/mol. The van der Waals surface area contributed by atoms with Crippen LogP contribution in [-0.2, 0) is 0 Å². The van der Waals surface area contributed by atoms with E-state index in [0.29, 0.717) is 8.34 Å². The number of benzene rings is 2. The molecule has 0 amide bonds. The first-order valence-electron chi connectivity index (χ1n) is 5.42. The largest absolute Gasteiger partial charge is 0.330 e. The molecule has 0 fully saturated rings. The SMILES string of the molecule is Fc1cc2c(cc1I)[nH]c(=S)n2-c1ccccc1I. The molecule has 96 valence electrons. The summed E-state index contributed by atoms with van der Waals surface area (Å²) in [5.41, 5.74) is 2.56. The van der Waals surface area contributed by atoms with Gasteiger partial charge in [0.25, 0.3) is 0 Å². The fourth-order valence-electron chi connectivity index (χ4n) is 1.97. The highest BCUT2D eigenvalue weighted by atomic mass is 127. The van der Waals surface area contributed by atoms with E-state index in [4.69, 9.17) is 12.2 Å². The molecule has 0 saturated carbocycles. The monoisotopic (exact) mass is 496 g/mol. The smallest absolute Gasteiger partial charge is 0.182 e. The maximum Gasteiger partial charge on any atom is 0.182 e. The third kappa shape index (κ3) is 2.33. The van der Waals surface area contributed by atoms with Crippen molar-refractivity contribution in [3.05, 3.63) is 54.1 Å². The number of aromatic amines is 1. The summed E-state index contributed by atoms with van der Waals surface area (Å²) >= 11 is 9.59. The summed E-state index contributed by atoms with van der Waals surface area (Å²) in [5.74, 6) is -0.234. The molecule has 0 aliphatic rings. The van der Waals surface area contributed by atoms with Crippen molar-refractivity contribution >= 4 is 68.4 Å². The van der Waals surface area contributed by atoms with Crippen LogP contribution in [0.4, 0.5) is 4.39 Å². The second-order valence-electron chi connectivity index (χ2n) is 4.00. The van der Waals surface area contributed by atoms with Gasteiger partial charge in [0.1, 0.15) is 5.82 Å². The molecule has 19 heavy (non-hydrogen) atoms. The van der Waals surface area contributed by atoms with Crippen molar-refractivity contribution in [2.45, 2.75) is 0 Å². The minimum absolute atomic E-state index is 0.234. The van der Waals surface area contributed by atoms with Crippen molar-refractivity contribution in [1.82, 2.24) is 9.55 Å². The lowest BCUT2D eigenvalue weighted by atomic mass is 10.3. The topological polar surface area (TPSA) is 20.7 Å². The number of rotatable bonds is 1. The third-order valence-electron chi connectivity index (χ3n) is 2.82. The summed E-state index contributed by atoms with van der Waals surface area (Å²) in [5, 5.41) is 0. The summed E-state index contributed by atoms with van der Waals surface area (Å²) in [6.07, 6.45) is 0. The summed E-state index contributed by atoms with van der Waals surface area (Å²) in [4.78, 5) is 3.12. The van der Waals surface area contributed by atoms with E-state index in [9.17, 15) is 4.39 Å². The molecule has 0 spiro atoms. The van der Waals surface area contributed by atoms with Crippen molar-refractivity contribution in [2.24, 2.45) is 0 Å². The zero-order valence-electron chi connectivity index (χ0n) is 9.45. The van der Waals surface area contributed by atoms with Crippen LogP contribution in [0.3, 0.4) is 0 Å². The van der Waals surface area contributed by atoms with Crippen molar-refractivity contribution < 1.29 is 4.39 Å². The maximum absolute atomic E-state index is 13.8. The average Bonchev–Trinajstić information content (AvgIpc) is 2.66. The Morgan fingerprint density at radius 1 is 1.11 bits per heavy atom. The van der Waals surface area contributed by atoms with E-state index in [1.54, 1.807) is 6.07 Å². The number of fused-ring (bicyclic) bond motifs is 1. The van der Waals surface area contributed by atoms with E-state index < -0.39 is 0 Å². The van der Waals surface area contributed by atoms with Gasteiger partial charge >= 0.3 is 0 Å². The van der Waals surface area contributed by atoms with E-state index in [-0.39, 0.29) is 5.82 Å². The molecule has 1 N–H and O–H groups in total. The van der Waals surface area contributed by atoms with E-state index in [1.165, 1.54) is 6.07 Å². The Kier molecular flexibility index (Phi) is 3.65. The Bertz CT molecular complexity index is 838. The zero-order chi connectivity index (χ0) is 13.6. The number of imidazole rings is 1. The molecule has 2 nitrogen and oxygen atoms in total. The zero-order valence-corrected chi connectivity index (χ0v) is 14.6. The molecule has 0 unspecified atom stereocenters. The molecule has 3 aromatic rings. The molecule has 0 aliphatic heterocycles. The van der Waals surface area contributed by atoms with Gasteiger partial charge in [-0.15, -0.1) is 0 Å². The highest BCUT2D eigenvalue weighted by Crippen LogP contribution is 2.25. The Balaban J connectivity index is 2.42. The molecule has 0 atom stereocenters. The molecule has 3 rings (SSSR count). The van der Waals surface area contributed by atoms with Crippen LogP contribution in [0.25, 0.3) is 16.7 Å². The minimum Gasteiger partial charge on any atom is -0.330 e. The van der Waals surface area contributed by atoms with Gasteiger partial charge in [0.15, 0.2) is 4.77 Å². The predicted molar refractivity (Wildman–Crippen MR) is 93.9 cm³/mol. The fraction of sp³-hybridized carbons (Fsp3) is 0. The number of aromatic nitrogens is 2. The van der Waals surface area contributed by atoms with E-state index >= 15 is 0 Å². The molecule has 1 aromatic heterocycles. The number of halogens is 3. The molecular weight excluding hydrogens is 489 g/mol. The number of hydrogen-bond donors (Lipinski definition) is 1. The van der Waals surface area contributed by atoms with Crippen molar-refractivity contribution in [2.75, 3.05) is 0 Å². The fourth-order valence-corrected chi connectivity index (χ4v) is 3.38. The number of para-hydroxylation sites is 1. The van der Waals surface area contributed by atoms with Crippen LogP contribution in [-0.4, -0.2) is 9.55 Å². The number of nitrogens with one attached hydrogen (secondary N) is 1. The first-order valence-corrected chi connectivity index (χ1v) is 7.99. The van der Waals surface area contributed by atoms with Crippen LogP contribution < -0.4 is 0 Å². The van der Waals surface area contributed by atoms with Gasteiger partial charge in [-0.2, -0.15) is 0 Å². The van der Waals surface area contributed by atoms with Crippen LogP contribution in [0.5, 0.6) is 0 Å². The number of hydrogen-bond acceptors (Lipinski definition) is 1. The van der Waals surface area contributed by atoms with E-state index in [2.05, 4.69) is 27.6 Å². The van der Waals surface area contributed by atoms with Gasteiger partial charge in [0, 0.05) is 9.64 Å². The van der Waals surface area contributed by atoms with Crippen LogP contribution in [0, 0.1) is 17.7 Å². The molecule has 0 radical (unpaired) electrons. The molecule has 0 bridgehead atoms. The van der Waals surface area contributed by atoms with Crippen LogP contribution in [0.15, 0.2) is 36.4 Å². The van der Waals surface area contributed by atoms with Crippen molar-refractivity contribution in [3.8, 4) is 5.69 Å². The Labute approximate surface area is 141 Å². The molecule has 0 saturated heterocycles. The Hall–Kier alpha value is -0.480. The van der Waals surface area contributed by atoms with Crippen LogP contribution in [0.1, 0.15) is 0 Å². The van der Waals surface area contributed by atoms with Gasteiger partial charge < -0.3 is 4.98 Å². The van der Waals surface area contributed by atoms with Gasteiger partial charge in [-0.3, -0.25) is 4.57 Å². The Morgan fingerprint density at radius 2 is 1.84 bits per heavy atom.